The third-order valence-corrected chi connectivity index (χ3v) is 5.82. The van der Waals surface area contributed by atoms with Gasteiger partial charge in [-0.3, -0.25) is 9.97 Å². The maximum atomic E-state index is 14.7. The molecule has 2 saturated heterocycles. The Morgan fingerprint density at radius 1 is 1.07 bits per heavy atom. The van der Waals surface area contributed by atoms with Crippen molar-refractivity contribution in [3.05, 3.63) is 48.9 Å². The average Bonchev–Trinajstić information content (AvgIpc) is 2.79. The largest absolute Gasteiger partial charge is 0.507 e. The van der Waals surface area contributed by atoms with E-state index in [0.29, 0.717) is 35.3 Å². The number of ether oxygens (including phenoxy) is 1. The van der Waals surface area contributed by atoms with Gasteiger partial charge in [0.05, 0.1) is 17.6 Å². The first-order valence-electron chi connectivity index (χ1n) is 10.2. The molecule has 3 aromatic rings. The second-order valence-corrected chi connectivity index (χ2v) is 7.82. The number of phenolic OH excluding ortho intramolecular Hbond substituents is 1. The summed E-state index contributed by atoms with van der Waals surface area (Å²) in [6.07, 6.45) is 6.84. The van der Waals surface area contributed by atoms with Gasteiger partial charge in [-0.2, -0.15) is 0 Å². The van der Waals surface area contributed by atoms with Crippen LogP contribution in [0.3, 0.4) is 0 Å². The first kappa shape index (κ1) is 18.9. The number of fused-ring (bicyclic) bond motifs is 2. The number of alkyl halides is 1. The van der Waals surface area contributed by atoms with Crippen molar-refractivity contribution in [3.8, 4) is 34.1 Å². The first-order chi connectivity index (χ1) is 14.7. The van der Waals surface area contributed by atoms with E-state index in [0.717, 1.165) is 24.8 Å². The highest BCUT2D eigenvalue weighted by atomic mass is 19.1. The zero-order chi connectivity index (χ0) is 20.5. The fourth-order valence-electron chi connectivity index (χ4n) is 4.31. The number of benzene rings is 1. The molecule has 30 heavy (non-hydrogen) atoms. The summed E-state index contributed by atoms with van der Waals surface area (Å²) in [5, 5.41) is 22.1. The van der Waals surface area contributed by atoms with Crippen LogP contribution in [-0.4, -0.2) is 49.6 Å². The van der Waals surface area contributed by atoms with Crippen molar-refractivity contribution < 1.29 is 14.2 Å². The Morgan fingerprint density at radius 3 is 2.77 bits per heavy atom. The number of rotatable bonds is 4. The van der Waals surface area contributed by atoms with Crippen LogP contribution in [0.4, 0.5) is 4.39 Å². The van der Waals surface area contributed by atoms with E-state index in [9.17, 15) is 9.50 Å². The summed E-state index contributed by atoms with van der Waals surface area (Å²) < 4.78 is 20.5. The number of aromatic nitrogens is 4. The predicted octanol–water partition coefficient (Wildman–Crippen LogP) is 3.31. The van der Waals surface area contributed by atoms with Crippen molar-refractivity contribution in [2.75, 3.05) is 0 Å². The fourth-order valence-corrected chi connectivity index (χ4v) is 4.31. The number of aromatic hydroxyl groups is 1. The van der Waals surface area contributed by atoms with E-state index >= 15 is 0 Å². The standard InChI is InChI=1S/C22H22FN5O2/c23-22-17-3-1-2-14(26-17)11-20(22)30-21-7-6-16(27-28-21)15-5-4-13(10-19(15)29)18-12-24-8-9-25-18/h4-10,12,14,17,20,22,26,29H,1-3,11H2/t14?,17?,20-,22+/m0/s1. The van der Waals surface area contributed by atoms with Crippen molar-refractivity contribution in [1.29, 1.82) is 0 Å². The summed E-state index contributed by atoms with van der Waals surface area (Å²) >= 11 is 0. The molecule has 0 amide bonds. The molecule has 2 aliphatic rings. The van der Waals surface area contributed by atoms with Crippen LogP contribution in [0.1, 0.15) is 25.7 Å². The monoisotopic (exact) mass is 407 g/mol. The van der Waals surface area contributed by atoms with Gasteiger partial charge in [-0.05, 0) is 31.0 Å². The smallest absolute Gasteiger partial charge is 0.233 e. The zero-order valence-corrected chi connectivity index (χ0v) is 16.3. The van der Waals surface area contributed by atoms with Gasteiger partial charge in [0.1, 0.15) is 11.9 Å². The zero-order valence-electron chi connectivity index (χ0n) is 16.3. The lowest BCUT2D eigenvalue weighted by Gasteiger charge is -2.42. The normalized spacial score (nSPS) is 25.6. The van der Waals surface area contributed by atoms with Gasteiger partial charge in [-0.1, -0.05) is 12.5 Å². The van der Waals surface area contributed by atoms with Gasteiger partial charge in [0.2, 0.25) is 5.88 Å². The van der Waals surface area contributed by atoms with E-state index in [-0.39, 0.29) is 11.8 Å². The van der Waals surface area contributed by atoms with Crippen LogP contribution in [0, 0.1) is 0 Å². The van der Waals surface area contributed by atoms with Gasteiger partial charge in [-0.15, -0.1) is 10.2 Å². The Kier molecular flexibility index (Phi) is 5.00. The molecule has 2 unspecified atom stereocenters. The van der Waals surface area contributed by atoms with Crippen LogP contribution < -0.4 is 10.1 Å². The molecular weight excluding hydrogens is 385 g/mol. The number of phenols is 1. The Balaban J connectivity index is 1.31. The summed E-state index contributed by atoms with van der Waals surface area (Å²) in [5.74, 6) is 0.359. The van der Waals surface area contributed by atoms with Crippen LogP contribution in [0.2, 0.25) is 0 Å². The number of hydrogen-bond acceptors (Lipinski definition) is 7. The van der Waals surface area contributed by atoms with Gasteiger partial charge in [0, 0.05) is 48.1 Å². The number of nitrogens with one attached hydrogen (secondary N) is 1. The van der Waals surface area contributed by atoms with Crippen molar-refractivity contribution in [2.24, 2.45) is 0 Å². The lowest BCUT2D eigenvalue weighted by Crippen LogP contribution is -2.59. The molecule has 8 heteroatoms. The Hall–Kier alpha value is -3.13. The molecule has 7 nitrogen and oxygen atoms in total. The Labute approximate surface area is 173 Å². The molecule has 4 atom stereocenters. The molecule has 2 N–H and O–H groups in total. The quantitative estimate of drug-likeness (QED) is 0.685. The molecule has 4 heterocycles. The Bertz CT molecular complexity index is 1020. The highest BCUT2D eigenvalue weighted by Gasteiger charge is 2.41. The highest BCUT2D eigenvalue weighted by Crippen LogP contribution is 2.33. The molecule has 0 spiro atoms. The second kappa shape index (κ2) is 7.95. The van der Waals surface area contributed by atoms with E-state index in [4.69, 9.17) is 4.74 Å². The van der Waals surface area contributed by atoms with Crippen LogP contribution in [0.25, 0.3) is 22.5 Å². The minimum atomic E-state index is -1.05. The van der Waals surface area contributed by atoms with Crippen molar-refractivity contribution in [2.45, 2.75) is 50.0 Å². The predicted molar refractivity (Wildman–Crippen MR) is 109 cm³/mol. The van der Waals surface area contributed by atoms with E-state index in [2.05, 4.69) is 25.5 Å². The van der Waals surface area contributed by atoms with Crippen LogP contribution in [0.5, 0.6) is 11.6 Å². The van der Waals surface area contributed by atoms with E-state index in [1.54, 1.807) is 42.9 Å². The van der Waals surface area contributed by atoms with Gasteiger partial charge in [0.25, 0.3) is 0 Å². The van der Waals surface area contributed by atoms with Crippen molar-refractivity contribution in [3.63, 3.8) is 0 Å². The molecule has 2 bridgehead atoms. The van der Waals surface area contributed by atoms with Gasteiger partial charge < -0.3 is 15.2 Å². The molecule has 0 radical (unpaired) electrons. The fraction of sp³-hybridized carbons (Fsp3) is 0.364. The second-order valence-electron chi connectivity index (χ2n) is 7.82. The number of halogens is 1. The molecule has 1 aromatic carbocycles. The first-order valence-corrected chi connectivity index (χ1v) is 10.2. The molecule has 154 valence electrons. The molecule has 2 fully saturated rings. The number of hydrogen-bond donors (Lipinski definition) is 2. The van der Waals surface area contributed by atoms with E-state index < -0.39 is 12.3 Å². The van der Waals surface area contributed by atoms with Crippen LogP contribution >= 0.6 is 0 Å². The van der Waals surface area contributed by atoms with E-state index in [1.165, 1.54) is 0 Å². The lowest BCUT2D eigenvalue weighted by atomic mass is 9.84. The molecule has 0 saturated carbocycles. The average molecular weight is 407 g/mol. The lowest BCUT2D eigenvalue weighted by molar-refractivity contribution is 0.00652. The van der Waals surface area contributed by atoms with Crippen molar-refractivity contribution >= 4 is 0 Å². The number of piperidine rings is 2. The Morgan fingerprint density at radius 2 is 2.00 bits per heavy atom. The van der Waals surface area contributed by atoms with Gasteiger partial charge >= 0.3 is 0 Å². The number of nitrogens with zero attached hydrogens (tertiary/aromatic N) is 4. The summed E-state index contributed by atoms with van der Waals surface area (Å²) in [6.45, 7) is 0. The molecule has 5 rings (SSSR count). The molecule has 2 aromatic heterocycles. The third kappa shape index (κ3) is 3.70. The third-order valence-electron chi connectivity index (χ3n) is 5.82. The highest BCUT2D eigenvalue weighted by molar-refractivity contribution is 5.72. The molecular formula is C22H22FN5O2. The molecule has 0 aliphatic carbocycles. The maximum absolute atomic E-state index is 14.7. The minimum absolute atomic E-state index is 0.0659. The van der Waals surface area contributed by atoms with Gasteiger partial charge in [-0.25, -0.2) is 4.39 Å². The summed E-state index contributed by atoms with van der Waals surface area (Å²) in [6, 6.07) is 8.77. The van der Waals surface area contributed by atoms with Crippen LogP contribution in [0.15, 0.2) is 48.9 Å². The summed E-state index contributed by atoms with van der Waals surface area (Å²) in [7, 11) is 0. The summed E-state index contributed by atoms with van der Waals surface area (Å²) in [4.78, 5) is 8.27. The minimum Gasteiger partial charge on any atom is -0.507 e. The van der Waals surface area contributed by atoms with Crippen molar-refractivity contribution in [1.82, 2.24) is 25.5 Å². The summed E-state index contributed by atoms with van der Waals surface area (Å²) in [5.41, 5.74) is 2.47. The SMILES string of the molecule is Oc1cc(-c2cnccn2)ccc1-c1ccc(O[C@H]2CC3CCCC(N3)[C@H]2F)nn1. The molecule has 2 aliphatic heterocycles. The topological polar surface area (TPSA) is 93.1 Å². The maximum Gasteiger partial charge on any atom is 0.233 e. The van der Waals surface area contributed by atoms with E-state index in [1.807, 2.05) is 6.07 Å². The van der Waals surface area contributed by atoms with Crippen LogP contribution in [-0.2, 0) is 0 Å². The van der Waals surface area contributed by atoms with Gasteiger partial charge in [0.15, 0.2) is 6.17 Å².